The van der Waals surface area contributed by atoms with Gasteiger partial charge in [-0.1, -0.05) is 164 Å². The van der Waals surface area contributed by atoms with Crippen LogP contribution in [0.15, 0.2) is 240 Å². The number of thiophene rings is 1. The molecule has 12 aromatic carbocycles. The van der Waals surface area contributed by atoms with Crippen LogP contribution in [0.3, 0.4) is 0 Å². The van der Waals surface area contributed by atoms with Gasteiger partial charge in [-0.2, -0.15) is 0 Å². The van der Waals surface area contributed by atoms with E-state index in [-0.39, 0.29) is 9.79 Å². The maximum Gasteiger partial charge on any atom is 0.269 e. The summed E-state index contributed by atoms with van der Waals surface area (Å²) in [5, 5.41) is 12.6. The molecule has 1 aromatic heterocycles. The zero-order valence-electron chi connectivity index (χ0n) is 36.7. The normalized spacial score (nSPS) is 12.3. The van der Waals surface area contributed by atoms with Crippen molar-refractivity contribution in [3.05, 3.63) is 231 Å². The smallest absolute Gasteiger partial charge is 0.234 e. The van der Waals surface area contributed by atoms with E-state index in [9.17, 15) is 0 Å². The summed E-state index contributed by atoms with van der Waals surface area (Å²) in [6, 6.07) is 73.6. The molecule has 0 fully saturated rings. The Morgan fingerprint density at radius 1 is 0.304 bits per heavy atom. The molecule has 69 heavy (non-hydrogen) atoms. The van der Waals surface area contributed by atoms with Gasteiger partial charge in [0.2, 0.25) is 0 Å². The van der Waals surface area contributed by atoms with Crippen LogP contribution in [0.2, 0.25) is 0 Å². The maximum atomic E-state index is 15.7. The van der Waals surface area contributed by atoms with Crippen LogP contribution in [0.25, 0.3) is 84.8 Å². The highest BCUT2D eigenvalue weighted by Crippen LogP contribution is 2.47. The lowest BCUT2D eigenvalue weighted by molar-refractivity contribution is 0.595. The Morgan fingerprint density at radius 3 is 1.17 bits per heavy atom. The minimum absolute atomic E-state index is 0.135. The van der Waals surface area contributed by atoms with Gasteiger partial charge >= 0.3 is 0 Å². The number of hydrogen-bond acceptors (Lipinski definition) is 5. The van der Waals surface area contributed by atoms with Gasteiger partial charge in [0.25, 0.3) is 20.0 Å². The lowest BCUT2D eigenvalue weighted by Crippen LogP contribution is -2.26. The number of rotatable bonds is 8. The van der Waals surface area contributed by atoms with Crippen molar-refractivity contribution in [1.82, 2.24) is 0 Å². The first-order valence-electron chi connectivity index (χ1n) is 22.6. The van der Waals surface area contributed by atoms with Gasteiger partial charge in [0, 0.05) is 30.9 Å². The lowest BCUT2D eigenvalue weighted by Gasteiger charge is -2.26. The molecule has 0 radical (unpaired) electrons. The number of benzene rings is 12. The summed E-state index contributed by atoms with van der Waals surface area (Å²) in [5.74, 6) is 0. The molecule has 6 nitrogen and oxygen atoms in total. The van der Waals surface area contributed by atoms with E-state index in [1.807, 2.05) is 206 Å². The molecule has 0 amide bonds. The second-order valence-corrected chi connectivity index (χ2v) is 22.0. The van der Waals surface area contributed by atoms with E-state index in [4.69, 9.17) is 0 Å². The highest BCUT2D eigenvalue weighted by Gasteiger charge is 2.32. The summed E-state index contributed by atoms with van der Waals surface area (Å²) in [4.78, 5) is 0.309. The summed E-state index contributed by atoms with van der Waals surface area (Å²) < 4.78 is 66.8. The largest absolute Gasteiger partial charge is 0.269 e. The second-order valence-electron chi connectivity index (χ2n) is 17.4. The minimum atomic E-state index is -4.30. The van der Waals surface area contributed by atoms with Crippen LogP contribution in [0.4, 0.5) is 22.7 Å². The van der Waals surface area contributed by atoms with Crippen molar-refractivity contribution in [2.24, 2.45) is 0 Å². The van der Waals surface area contributed by atoms with E-state index in [1.165, 1.54) is 19.9 Å². The number of nitrogens with zero attached hydrogens (tertiary/aromatic N) is 2. The first kappa shape index (κ1) is 41.1. The van der Waals surface area contributed by atoms with Crippen LogP contribution in [-0.2, 0) is 20.0 Å². The fraction of sp³-hybridized carbons (Fsp3) is 0. The Hall–Kier alpha value is -8.08. The predicted octanol–water partition coefficient (Wildman–Crippen LogP) is 16.0. The quantitative estimate of drug-likeness (QED) is 0.152. The summed E-state index contributed by atoms with van der Waals surface area (Å²) in [6.45, 7) is 0. The fourth-order valence-electron chi connectivity index (χ4n) is 10.0. The van der Waals surface area contributed by atoms with Crippen LogP contribution in [0.1, 0.15) is 0 Å². The SMILES string of the molecule is O=S(=O)(c1ccc2ccc3c(sc4cc(S(=O)(=O)N(c5ccc6ccccc6c5)c5ccc6ccccc6c5)c5ccccc5c43)c2c1)N(c1ccc2ccccc2c1)c1ccc2ccccc2c1. The van der Waals surface area contributed by atoms with Gasteiger partial charge in [-0.3, -0.25) is 0 Å². The van der Waals surface area contributed by atoms with Crippen molar-refractivity contribution in [2.75, 3.05) is 8.61 Å². The van der Waals surface area contributed by atoms with Gasteiger partial charge in [0.15, 0.2) is 0 Å². The van der Waals surface area contributed by atoms with Crippen LogP contribution in [0.5, 0.6) is 0 Å². The van der Waals surface area contributed by atoms with Crippen molar-refractivity contribution < 1.29 is 16.8 Å². The lowest BCUT2D eigenvalue weighted by atomic mass is 10.0. The van der Waals surface area contributed by atoms with E-state index in [0.717, 1.165) is 79.4 Å². The van der Waals surface area contributed by atoms with Crippen LogP contribution < -0.4 is 8.61 Å². The van der Waals surface area contributed by atoms with Gasteiger partial charge in [0.05, 0.1) is 32.5 Å². The van der Waals surface area contributed by atoms with Crippen molar-refractivity contribution in [3.8, 4) is 0 Å². The molecule has 0 spiro atoms. The van der Waals surface area contributed by atoms with E-state index < -0.39 is 20.0 Å². The molecule has 0 bridgehead atoms. The van der Waals surface area contributed by atoms with Gasteiger partial charge in [-0.05, 0) is 121 Å². The first-order valence-corrected chi connectivity index (χ1v) is 26.3. The van der Waals surface area contributed by atoms with Gasteiger partial charge in [-0.15, -0.1) is 11.3 Å². The molecule has 0 N–H and O–H groups in total. The molecule has 0 aliphatic rings. The number of fused-ring (bicyclic) bond motifs is 11. The summed E-state index contributed by atoms with van der Waals surface area (Å²) >= 11 is 1.48. The second kappa shape index (κ2) is 15.8. The number of sulfonamides is 2. The standard InChI is InChI=1S/C60H38N2O4S3/c63-68(64,61(48-27-21-39-11-1-5-15-44(39)33-48)49-28-22-40-12-2-6-16-45(40)34-49)52-31-25-43-26-32-55-59-54-20-10-9-19-53(54)58(38-57(59)67-60(55)56(43)37-52)69(65,66)62(50-29-23-41-13-3-7-17-46(41)35-50)51-30-24-42-14-4-8-18-47(42)36-51/h1-38H. The van der Waals surface area contributed by atoms with E-state index >= 15 is 16.8 Å². The zero-order valence-corrected chi connectivity index (χ0v) is 39.1. The first-order chi connectivity index (χ1) is 33.7. The third kappa shape index (κ3) is 6.72. The molecule has 0 atom stereocenters. The van der Waals surface area contributed by atoms with E-state index in [1.54, 1.807) is 18.2 Å². The molecule has 13 aromatic rings. The zero-order chi connectivity index (χ0) is 46.4. The van der Waals surface area contributed by atoms with Gasteiger partial charge in [-0.25, -0.2) is 25.4 Å². The van der Waals surface area contributed by atoms with Crippen molar-refractivity contribution in [1.29, 1.82) is 0 Å². The van der Waals surface area contributed by atoms with Crippen LogP contribution in [-0.4, -0.2) is 16.8 Å². The molecule has 0 unspecified atom stereocenters. The average molecular weight is 947 g/mol. The fourth-order valence-corrected chi connectivity index (χ4v) is 14.6. The van der Waals surface area contributed by atoms with Crippen LogP contribution in [0, 0.1) is 0 Å². The van der Waals surface area contributed by atoms with E-state index in [0.29, 0.717) is 28.1 Å². The monoisotopic (exact) mass is 946 g/mol. The molecule has 0 aliphatic carbocycles. The van der Waals surface area contributed by atoms with Gasteiger partial charge < -0.3 is 0 Å². The summed E-state index contributed by atoms with van der Waals surface area (Å²) in [5.41, 5.74) is 2.08. The molecule has 13 rings (SSSR count). The topological polar surface area (TPSA) is 74.8 Å². The Kier molecular flexibility index (Phi) is 9.39. The predicted molar refractivity (Wildman–Crippen MR) is 289 cm³/mol. The molecule has 0 saturated heterocycles. The van der Waals surface area contributed by atoms with Crippen molar-refractivity contribution in [3.63, 3.8) is 0 Å². The Bertz CT molecular complexity index is 4350. The van der Waals surface area contributed by atoms with Crippen LogP contribution >= 0.6 is 11.3 Å². The Labute approximate surface area is 402 Å². The number of anilines is 4. The van der Waals surface area contributed by atoms with Crippen molar-refractivity contribution >= 4 is 139 Å². The highest BCUT2D eigenvalue weighted by atomic mass is 32.2. The molecular weight excluding hydrogens is 909 g/mol. The molecule has 0 aliphatic heterocycles. The average Bonchev–Trinajstić information content (AvgIpc) is 3.78. The maximum absolute atomic E-state index is 15.7. The Morgan fingerprint density at radius 2 is 0.696 bits per heavy atom. The third-order valence-electron chi connectivity index (χ3n) is 13.3. The highest BCUT2D eigenvalue weighted by molar-refractivity contribution is 7.93. The minimum Gasteiger partial charge on any atom is -0.234 e. The van der Waals surface area contributed by atoms with E-state index in [2.05, 4.69) is 6.07 Å². The molecular formula is C60H38N2O4S3. The summed E-state index contributed by atoms with van der Waals surface area (Å²) in [7, 11) is -8.54. The molecule has 9 heteroatoms. The molecule has 0 saturated carbocycles. The third-order valence-corrected chi connectivity index (χ3v) is 18.1. The molecule has 330 valence electrons. The molecule has 1 heterocycles. The number of hydrogen-bond donors (Lipinski definition) is 0. The Balaban J connectivity index is 1.00. The summed E-state index contributed by atoms with van der Waals surface area (Å²) in [6.07, 6.45) is 0. The van der Waals surface area contributed by atoms with Crippen molar-refractivity contribution in [2.45, 2.75) is 9.79 Å². The van der Waals surface area contributed by atoms with Gasteiger partial charge in [0.1, 0.15) is 0 Å².